The van der Waals surface area contributed by atoms with Crippen LogP contribution < -0.4 is 5.32 Å². The molecule has 3 atom stereocenters. The Hall–Kier alpha value is -0.570. The maximum Gasteiger partial charge on any atom is 0.0406 e. The van der Waals surface area contributed by atoms with Crippen LogP contribution in [0.15, 0.2) is 24.3 Å². The van der Waals surface area contributed by atoms with E-state index in [9.17, 15) is 0 Å². The Kier molecular flexibility index (Phi) is 4.08. The fourth-order valence-electron chi connectivity index (χ4n) is 2.52. The lowest BCUT2D eigenvalue weighted by Crippen LogP contribution is -2.33. The molecule has 1 heterocycles. The van der Waals surface area contributed by atoms with Crippen LogP contribution in [-0.2, 0) is 0 Å². The molecule has 1 aromatic carbocycles. The molecule has 0 saturated carbocycles. The Morgan fingerprint density at radius 3 is 2.53 bits per heavy atom. The summed E-state index contributed by atoms with van der Waals surface area (Å²) in [5, 5.41) is 4.49. The fraction of sp³-hybridized carbons (Fsp3) is 0.571. The van der Waals surface area contributed by atoms with Gasteiger partial charge in [-0.05, 0) is 45.0 Å². The van der Waals surface area contributed by atoms with Crippen molar-refractivity contribution in [1.82, 2.24) is 10.2 Å². The summed E-state index contributed by atoms with van der Waals surface area (Å²) in [5.41, 5.74) is 1.30. The summed E-state index contributed by atoms with van der Waals surface area (Å²) in [6, 6.07) is 9.78. The molecule has 1 N–H and O–H groups in total. The quantitative estimate of drug-likeness (QED) is 0.890. The van der Waals surface area contributed by atoms with Gasteiger partial charge in [0.05, 0.1) is 0 Å². The van der Waals surface area contributed by atoms with Crippen LogP contribution >= 0.6 is 11.6 Å². The second-order valence-corrected chi connectivity index (χ2v) is 5.60. The highest BCUT2D eigenvalue weighted by Crippen LogP contribution is 2.20. The van der Waals surface area contributed by atoms with Gasteiger partial charge < -0.3 is 10.2 Å². The zero-order chi connectivity index (χ0) is 12.4. The first kappa shape index (κ1) is 12.9. The molecule has 17 heavy (non-hydrogen) atoms. The molecule has 0 amide bonds. The van der Waals surface area contributed by atoms with Gasteiger partial charge in [0.15, 0.2) is 0 Å². The Bertz CT molecular complexity index is 353. The normalized spacial score (nSPS) is 27.3. The standard InChI is InChI=1S/C14H21ClN2/c1-10-8-14(9-17(10)3)16-11(2)12-4-6-13(15)7-5-12/h4-7,10-11,14,16H,8-9H2,1-3H3. The summed E-state index contributed by atoms with van der Waals surface area (Å²) >= 11 is 5.90. The molecule has 0 aliphatic carbocycles. The summed E-state index contributed by atoms with van der Waals surface area (Å²) in [7, 11) is 2.19. The summed E-state index contributed by atoms with van der Waals surface area (Å²) < 4.78 is 0. The van der Waals surface area contributed by atoms with Crippen molar-refractivity contribution in [2.75, 3.05) is 13.6 Å². The highest BCUT2D eigenvalue weighted by atomic mass is 35.5. The van der Waals surface area contributed by atoms with Crippen LogP contribution in [0.2, 0.25) is 5.02 Å². The third-order valence-corrected chi connectivity index (χ3v) is 3.99. The first-order valence-corrected chi connectivity index (χ1v) is 6.66. The molecule has 1 aliphatic heterocycles. The minimum Gasteiger partial charge on any atom is -0.306 e. The second-order valence-electron chi connectivity index (χ2n) is 5.16. The predicted molar refractivity (Wildman–Crippen MR) is 73.5 cm³/mol. The van der Waals surface area contributed by atoms with Crippen LogP contribution in [0, 0.1) is 0 Å². The zero-order valence-corrected chi connectivity index (χ0v) is 11.5. The van der Waals surface area contributed by atoms with E-state index in [0.29, 0.717) is 18.1 Å². The predicted octanol–water partition coefficient (Wildman–Crippen LogP) is 3.08. The van der Waals surface area contributed by atoms with E-state index in [1.54, 1.807) is 0 Å². The first-order chi connectivity index (χ1) is 8.06. The van der Waals surface area contributed by atoms with Gasteiger partial charge in [0.1, 0.15) is 0 Å². The number of nitrogens with zero attached hydrogens (tertiary/aromatic N) is 1. The van der Waals surface area contributed by atoms with Crippen molar-refractivity contribution in [3.05, 3.63) is 34.9 Å². The van der Waals surface area contributed by atoms with Crippen molar-refractivity contribution in [1.29, 1.82) is 0 Å². The molecular weight excluding hydrogens is 232 g/mol. The molecule has 0 bridgehead atoms. The van der Waals surface area contributed by atoms with Gasteiger partial charge in [-0.25, -0.2) is 0 Å². The van der Waals surface area contributed by atoms with Crippen LogP contribution in [0.1, 0.15) is 31.9 Å². The maximum absolute atomic E-state index is 5.90. The second kappa shape index (κ2) is 5.38. The molecule has 2 nitrogen and oxygen atoms in total. The van der Waals surface area contributed by atoms with E-state index in [1.165, 1.54) is 12.0 Å². The Morgan fingerprint density at radius 2 is 2.00 bits per heavy atom. The van der Waals surface area contributed by atoms with E-state index in [-0.39, 0.29) is 0 Å². The van der Waals surface area contributed by atoms with Crippen LogP contribution in [0.25, 0.3) is 0 Å². The summed E-state index contributed by atoms with van der Waals surface area (Å²) in [5.74, 6) is 0. The lowest BCUT2D eigenvalue weighted by Gasteiger charge is -2.19. The molecule has 1 aromatic rings. The molecule has 3 heteroatoms. The number of likely N-dealkylation sites (tertiary alicyclic amines) is 1. The van der Waals surface area contributed by atoms with Crippen LogP contribution in [-0.4, -0.2) is 30.6 Å². The lowest BCUT2D eigenvalue weighted by atomic mass is 10.1. The summed E-state index contributed by atoms with van der Waals surface area (Å²) in [6.07, 6.45) is 1.23. The number of benzene rings is 1. The smallest absolute Gasteiger partial charge is 0.0406 e. The van der Waals surface area contributed by atoms with Crippen molar-refractivity contribution < 1.29 is 0 Å². The molecule has 0 radical (unpaired) electrons. The molecule has 0 spiro atoms. The number of hydrogen-bond donors (Lipinski definition) is 1. The molecule has 1 aliphatic rings. The van der Waals surface area contributed by atoms with Crippen molar-refractivity contribution in [2.45, 2.75) is 38.4 Å². The van der Waals surface area contributed by atoms with Crippen molar-refractivity contribution in [2.24, 2.45) is 0 Å². The van der Waals surface area contributed by atoms with Gasteiger partial charge in [0.25, 0.3) is 0 Å². The lowest BCUT2D eigenvalue weighted by molar-refractivity contribution is 0.325. The van der Waals surface area contributed by atoms with E-state index >= 15 is 0 Å². The SMILES string of the molecule is CC(NC1CC(C)N(C)C1)c1ccc(Cl)cc1. The van der Waals surface area contributed by atoms with Gasteiger partial charge in [0.2, 0.25) is 0 Å². The number of rotatable bonds is 3. The topological polar surface area (TPSA) is 15.3 Å². The van der Waals surface area contributed by atoms with Gasteiger partial charge in [0, 0.05) is 29.7 Å². The van der Waals surface area contributed by atoms with E-state index < -0.39 is 0 Å². The Labute approximate surface area is 109 Å². The summed E-state index contributed by atoms with van der Waals surface area (Å²) in [6.45, 7) is 5.64. The highest BCUT2D eigenvalue weighted by Gasteiger charge is 2.26. The van der Waals surface area contributed by atoms with Gasteiger partial charge in [-0.2, -0.15) is 0 Å². The first-order valence-electron chi connectivity index (χ1n) is 6.28. The van der Waals surface area contributed by atoms with Gasteiger partial charge in [-0.15, -0.1) is 0 Å². The molecule has 2 rings (SSSR count). The van der Waals surface area contributed by atoms with Crippen LogP contribution in [0.5, 0.6) is 0 Å². The van der Waals surface area contributed by atoms with E-state index in [4.69, 9.17) is 11.6 Å². The average molecular weight is 253 g/mol. The van der Waals surface area contributed by atoms with Crippen LogP contribution in [0.3, 0.4) is 0 Å². The fourth-order valence-corrected chi connectivity index (χ4v) is 2.64. The van der Waals surface area contributed by atoms with Crippen LogP contribution in [0.4, 0.5) is 0 Å². The molecule has 94 valence electrons. The number of halogens is 1. The third-order valence-electron chi connectivity index (χ3n) is 3.74. The molecule has 1 fully saturated rings. The monoisotopic (exact) mass is 252 g/mol. The maximum atomic E-state index is 5.90. The summed E-state index contributed by atoms with van der Waals surface area (Å²) in [4.78, 5) is 2.41. The average Bonchev–Trinajstić information content (AvgIpc) is 2.58. The third kappa shape index (κ3) is 3.21. The minimum absolute atomic E-state index is 0.385. The highest BCUT2D eigenvalue weighted by molar-refractivity contribution is 6.30. The Balaban J connectivity index is 1.93. The van der Waals surface area contributed by atoms with E-state index in [2.05, 4.69) is 43.2 Å². The molecular formula is C14H21ClN2. The largest absolute Gasteiger partial charge is 0.306 e. The minimum atomic E-state index is 0.385. The molecule has 0 aromatic heterocycles. The zero-order valence-electron chi connectivity index (χ0n) is 10.8. The Morgan fingerprint density at radius 1 is 1.35 bits per heavy atom. The van der Waals surface area contributed by atoms with Gasteiger partial charge >= 0.3 is 0 Å². The molecule has 1 saturated heterocycles. The van der Waals surface area contributed by atoms with E-state index in [0.717, 1.165) is 11.6 Å². The van der Waals surface area contributed by atoms with Gasteiger partial charge in [-0.3, -0.25) is 0 Å². The van der Waals surface area contributed by atoms with Crippen molar-refractivity contribution in [3.8, 4) is 0 Å². The number of likely N-dealkylation sites (N-methyl/N-ethyl adjacent to an activating group) is 1. The van der Waals surface area contributed by atoms with Gasteiger partial charge in [-0.1, -0.05) is 23.7 Å². The van der Waals surface area contributed by atoms with Crippen molar-refractivity contribution in [3.63, 3.8) is 0 Å². The van der Waals surface area contributed by atoms with E-state index in [1.807, 2.05) is 12.1 Å². The number of hydrogen-bond acceptors (Lipinski definition) is 2. The van der Waals surface area contributed by atoms with Crippen molar-refractivity contribution >= 4 is 11.6 Å². The number of nitrogens with one attached hydrogen (secondary N) is 1. The molecule has 3 unspecified atom stereocenters.